The van der Waals surface area contributed by atoms with Crippen LogP contribution in [-0.4, -0.2) is 34.2 Å². The van der Waals surface area contributed by atoms with Crippen LogP contribution in [0.3, 0.4) is 0 Å². The van der Waals surface area contributed by atoms with Gasteiger partial charge in [-0.3, -0.25) is 14.3 Å². The highest BCUT2D eigenvalue weighted by Crippen LogP contribution is 2.41. The number of hydrogen-bond donors (Lipinski definition) is 0. The van der Waals surface area contributed by atoms with Crippen molar-refractivity contribution in [3.63, 3.8) is 0 Å². The van der Waals surface area contributed by atoms with Crippen LogP contribution in [0.2, 0.25) is 5.02 Å². The maximum atomic E-state index is 13.6. The third-order valence-corrected chi connectivity index (χ3v) is 7.84. The summed E-state index contributed by atoms with van der Waals surface area (Å²) in [5.41, 5.74) is -2.03. The Kier molecular flexibility index (Phi) is 7.80. The number of thiophene rings is 1. The number of carbonyl (C=O) groups excluding carboxylic acids is 1. The maximum absolute atomic E-state index is 13.6. The molecule has 0 unspecified atom stereocenters. The predicted octanol–water partition coefficient (Wildman–Crippen LogP) is 6.94. The van der Waals surface area contributed by atoms with Gasteiger partial charge in [-0.1, -0.05) is 11.6 Å². The minimum Gasteiger partial charge on any atom is -0.491 e. The molecule has 3 aromatic heterocycles. The third-order valence-electron chi connectivity index (χ3n) is 6.60. The lowest BCUT2D eigenvalue weighted by Gasteiger charge is -2.16. The molecule has 0 aliphatic heterocycles. The number of esters is 1. The highest BCUT2D eigenvalue weighted by atomic mass is 35.5. The van der Waals surface area contributed by atoms with E-state index in [1.165, 1.54) is 29.9 Å². The van der Waals surface area contributed by atoms with Crippen molar-refractivity contribution < 1.29 is 27.4 Å². The van der Waals surface area contributed by atoms with Crippen molar-refractivity contribution >= 4 is 55.7 Å². The van der Waals surface area contributed by atoms with Crippen molar-refractivity contribution in [1.82, 2.24) is 14.5 Å². The fourth-order valence-electron chi connectivity index (χ4n) is 4.67. The maximum Gasteiger partial charge on any atom is 0.407 e. The third kappa shape index (κ3) is 5.25. The largest absolute Gasteiger partial charge is 0.491 e. The topological polar surface area (TPSA) is 111 Å². The summed E-state index contributed by atoms with van der Waals surface area (Å²) in [5.74, 6) is -0.0389. The summed E-state index contributed by atoms with van der Waals surface area (Å²) in [6.45, 7) is 8.52. The number of nitrogens with zero attached hydrogens (tertiary/aromatic N) is 5. The van der Waals surface area contributed by atoms with Crippen LogP contribution in [0, 0.1) is 24.8 Å². The number of carbonyl (C=O) groups is 1. The molecule has 0 saturated carbocycles. The molecule has 2 aromatic carbocycles. The summed E-state index contributed by atoms with van der Waals surface area (Å²) in [6, 6.07) is 8.88. The molecule has 14 heteroatoms. The van der Waals surface area contributed by atoms with E-state index in [0.717, 1.165) is 0 Å². The molecule has 216 valence electrons. The first-order valence-electron chi connectivity index (χ1n) is 12.3. The van der Waals surface area contributed by atoms with E-state index in [1.54, 1.807) is 41.9 Å². The molecule has 0 atom stereocenters. The van der Waals surface area contributed by atoms with Crippen LogP contribution in [0.15, 0.2) is 46.7 Å². The zero-order valence-corrected chi connectivity index (χ0v) is 23.8. The monoisotopic (exact) mass is 623 g/mol. The first-order chi connectivity index (χ1) is 20.5. The molecule has 0 spiro atoms. The van der Waals surface area contributed by atoms with E-state index in [0.29, 0.717) is 43.7 Å². The van der Waals surface area contributed by atoms with Gasteiger partial charge in [0.25, 0.3) is 5.56 Å². The number of fused-ring (bicyclic) bond motifs is 2. The molecule has 3 heterocycles. The van der Waals surface area contributed by atoms with E-state index in [-0.39, 0.29) is 29.9 Å². The second-order valence-electron chi connectivity index (χ2n) is 9.05. The lowest BCUT2D eigenvalue weighted by atomic mass is 10.0. The molecule has 5 rings (SSSR count). The highest BCUT2D eigenvalue weighted by molar-refractivity contribution is 7.18. The van der Waals surface area contributed by atoms with Crippen LogP contribution in [0.5, 0.6) is 5.75 Å². The van der Waals surface area contributed by atoms with Gasteiger partial charge in [0.2, 0.25) is 5.69 Å². The Labute approximate surface area is 250 Å². The smallest absolute Gasteiger partial charge is 0.407 e. The van der Waals surface area contributed by atoms with Gasteiger partial charge >= 0.3 is 12.1 Å². The number of aromatic nitrogens is 3. The Morgan fingerprint density at radius 1 is 1.26 bits per heavy atom. The van der Waals surface area contributed by atoms with Crippen LogP contribution >= 0.6 is 22.9 Å². The molecule has 43 heavy (non-hydrogen) atoms. The number of alkyl halides is 3. The molecule has 0 aliphatic carbocycles. The van der Waals surface area contributed by atoms with E-state index in [2.05, 4.69) is 14.8 Å². The highest BCUT2D eigenvalue weighted by Gasteiger charge is 2.36. The van der Waals surface area contributed by atoms with Crippen LogP contribution in [0.1, 0.15) is 27.3 Å². The average molecular weight is 624 g/mol. The summed E-state index contributed by atoms with van der Waals surface area (Å²) in [4.78, 5) is 37.0. The van der Waals surface area contributed by atoms with Crippen LogP contribution in [0.25, 0.3) is 37.1 Å². The summed E-state index contributed by atoms with van der Waals surface area (Å²) >= 11 is 7.60. The number of pyridine rings is 1. The van der Waals surface area contributed by atoms with E-state index < -0.39 is 34.5 Å². The Morgan fingerprint density at radius 2 is 2.02 bits per heavy atom. The number of hydrogen-bond acceptors (Lipinski definition) is 8. The number of methoxy groups -OCH3 is 1. The Morgan fingerprint density at radius 3 is 2.70 bits per heavy atom. The molecule has 0 saturated heterocycles. The number of aryl methyl sites for hydroxylation is 1. The quantitative estimate of drug-likeness (QED) is 0.149. The number of halogens is 4. The average Bonchev–Trinajstić information content (AvgIpc) is 3.42. The molecule has 0 aliphatic rings. The van der Waals surface area contributed by atoms with Crippen LogP contribution < -0.4 is 10.3 Å². The normalized spacial score (nSPS) is 11.3. The minimum atomic E-state index is -4.92. The fourth-order valence-corrected chi connectivity index (χ4v) is 5.86. The molecular formula is C29H17ClF3N5O4S. The van der Waals surface area contributed by atoms with Crippen LogP contribution in [0.4, 0.5) is 18.9 Å². The molecular weight excluding hydrogens is 607 g/mol. The van der Waals surface area contributed by atoms with Crippen molar-refractivity contribution in [2.24, 2.45) is 0 Å². The van der Waals surface area contributed by atoms with Gasteiger partial charge in [0.15, 0.2) is 0 Å². The molecule has 0 amide bonds. The zero-order valence-electron chi connectivity index (χ0n) is 22.2. The van der Waals surface area contributed by atoms with E-state index in [1.807, 2.05) is 0 Å². The molecule has 0 fully saturated rings. The van der Waals surface area contributed by atoms with Gasteiger partial charge in [0, 0.05) is 27.7 Å². The van der Waals surface area contributed by atoms with Crippen molar-refractivity contribution in [3.8, 4) is 22.9 Å². The summed E-state index contributed by atoms with van der Waals surface area (Å²) in [5, 5.41) is 11.3. The van der Waals surface area contributed by atoms with E-state index in [4.69, 9.17) is 27.6 Å². The van der Waals surface area contributed by atoms with Gasteiger partial charge in [-0.15, -0.1) is 11.3 Å². The van der Waals surface area contributed by atoms with Crippen molar-refractivity contribution in [1.29, 1.82) is 5.26 Å². The van der Waals surface area contributed by atoms with Gasteiger partial charge in [0.1, 0.15) is 18.2 Å². The number of nitriles is 1. The van der Waals surface area contributed by atoms with Gasteiger partial charge in [-0.05, 0) is 37.3 Å². The summed E-state index contributed by atoms with van der Waals surface area (Å²) in [7, 11) is 1.28. The van der Waals surface area contributed by atoms with E-state index >= 15 is 0 Å². The van der Waals surface area contributed by atoms with Crippen LogP contribution in [-0.2, 0) is 17.5 Å². The van der Waals surface area contributed by atoms with Gasteiger partial charge in [0.05, 0.1) is 64.1 Å². The first-order valence-corrected chi connectivity index (χ1v) is 13.6. The lowest BCUT2D eigenvalue weighted by molar-refractivity contribution is -0.136. The van der Waals surface area contributed by atoms with Crippen molar-refractivity contribution in [3.05, 3.63) is 91.2 Å². The Bertz CT molecular complexity index is 2090. The Hall–Kier alpha value is -4.98. The fraction of sp³-hybridized carbons (Fsp3) is 0.172. The molecule has 5 aromatic rings. The summed E-state index contributed by atoms with van der Waals surface area (Å²) < 4.78 is 53.5. The minimum absolute atomic E-state index is 0.0765. The number of ether oxygens (including phenoxy) is 2. The second kappa shape index (κ2) is 11.4. The molecule has 0 radical (unpaired) electrons. The molecule has 9 nitrogen and oxygen atoms in total. The standard InChI is InChI=1S/C29H17ClF3N5O4S/c1-14-37-21-11-20(29(31,32)33)24(35-2)18(12-34)23(21)27(39)38(14)8-9-42-22-5-4-15(30)10-17(22)16-6-7-36-25-19(28(40)41-3)13-43-26(16)25/h4-7,10-11,13H,8-9H2,1,3H3. The van der Waals surface area contributed by atoms with Gasteiger partial charge in [-0.2, -0.15) is 18.4 Å². The predicted molar refractivity (Wildman–Crippen MR) is 154 cm³/mol. The first kappa shape index (κ1) is 29.5. The SMILES string of the molecule is [C-]#[N+]c1c(C(F)(F)F)cc2nc(C)n(CCOc3ccc(Cl)cc3-c3ccnc4c(C(=O)OC)csc34)c(=O)c2c1C#N. The zero-order chi connectivity index (χ0) is 31.1. The Balaban J connectivity index is 1.52. The van der Waals surface area contributed by atoms with Crippen molar-refractivity contribution in [2.45, 2.75) is 19.6 Å². The lowest BCUT2D eigenvalue weighted by Crippen LogP contribution is -2.27. The van der Waals surface area contributed by atoms with Gasteiger partial charge in [-0.25, -0.2) is 14.6 Å². The number of rotatable bonds is 6. The second-order valence-corrected chi connectivity index (χ2v) is 10.4. The number of benzene rings is 2. The molecule has 0 bridgehead atoms. The van der Waals surface area contributed by atoms with Gasteiger partial charge < -0.3 is 9.47 Å². The van der Waals surface area contributed by atoms with E-state index in [9.17, 15) is 28.0 Å². The van der Waals surface area contributed by atoms with Crippen molar-refractivity contribution in [2.75, 3.05) is 13.7 Å². The summed E-state index contributed by atoms with van der Waals surface area (Å²) in [6.07, 6.45) is -3.38. The molecule has 0 N–H and O–H groups in total.